The fourth-order valence-electron chi connectivity index (χ4n) is 3.64. The standard InChI is InChI=1S/C24H27FN4O/c1-17(2)20-8-6-7-18(3)23(20)27-24(30)19(15-26)16-28-11-13-29(14-12-28)22-10-5-4-9-21(22)25/h4-10,16-17H,11-14H2,1-3H3,(H,27,30)/b19-16-. The van der Waals surface area contributed by atoms with Crippen molar-refractivity contribution in [2.24, 2.45) is 0 Å². The summed E-state index contributed by atoms with van der Waals surface area (Å²) in [6.45, 7) is 8.53. The van der Waals surface area contributed by atoms with Gasteiger partial charge in [0.1, 0.15) is 17.5 Å². The van der Waals surface area contributed by atoms with Crippen LogP contribution in [0.1, 0.15) is 30.9 Å². The fourth-order valence-corrected chi connectivity index (χ4v) is 3.64. The predicted octanol–water partition coefficient (Wildman–Crippen LogP) is 4.43. The Kier molecular flexibility index (Phi) is 6.73. The summed E-state index contributed by atoms with van der Waals surface area (Å²) in [6.07, 6.45) is 1.61. The zero-order valence-corrected chi connectivity index (χ0v) is 17.7. The van der Waals surface area contributed by atoms with Crippen molar-refractivity contribution in [3.63, 3.8) is 0 Å². The first-order valence-electron chi connectivity index (χ1n) is 10.2. The van der Waals surface area contributed by atoms with Crippen LogP contribution in [0.25, 0.3) is 0 Å². The first kappa shape index (κ1) is 21.4. The van der Waals surface area contributed by atoms with E-state index in [1.165, 1.54) is 6.07 Å². The van der Waals surface area contributed by atoms with E-state index in [1.807, 2.05) is 47.1 Å². The Balaban J connectivity index is 1.69. The molecule has 2 aromatic rings. The molecule has 1 aliphatic heterocycles. The van der Waals surface area contributed by atoms with Gasteiger partial charge in [-0.1, -0.05) is 44.2 Å². The van der Waals surface area contributed by atoms with Gasteiger partial charge >= 0.3 is 0 Å². The Morgan fingerprint density at radius 3 is 2.47 bits per heavy atom. The molecule has 0 saturated carbocycles. The van der Waals surface area contributed by atoms with Crippen molar-refractivity contribution in [2.45, 2.75) is 26.7 Å². The Hall–Kier alpha value is -3.33. The van der Waals surface area contributed by atoms with E-state index in [-0.39, 0.29) is 17.3 Å². The van der Waals surface area contributed by atoms with Crippen LogP contribution >= 0.6 is 0 Å². The third-order valence-corrected chi connectivity index (χ3v) is 5.35. The molecule has 1 amide bonds. The van der Waals surface area contributed by atoms with E-state index in [2.05, 4.69) is 19.2 Å². The Labute approximate surface area is 177 Å². The van der Waals surface area contributed by atoms with E-state index in [1.54, 1.807) is 18.3 Å². The van der Waals surface area contributed by atoms with Crippen LogP contribution in [0, 0.1) is 24.1 Å². The molecule has 1 N–H and O–H groups in total. The summed E-state index contributed by atoms with van der Waals surface area (Å²) >= 11 is 0. The van der Waals surface area contributed by atoms with Crippen molar-refractivity contribution >= 4 is 17.3 Å². The number of rotatable bonds is 5. The number of piperazine rings is 1. The Morgan fingerprint density at radius 2 is 1.83 bits per heavy atom. The molecular formula is C24H27FN4O. The molecule has 0 radical (unpaired) electrons. The minimum Gasteiger partial charge on any atom is -0.373 e. The number of carbonyl (C=O) groups is 1. The van der Waals surface area contributed by atoms with Crippen LogP contribution in [-0.4, -0.2) is 37.0 Å². The normalized spacial score (nSPS) is 14.6. The highest BCUT2D eigenvalue weighted by Gasteiger charge is 2.20. The number of hydrogen-bond acceptors (Lipinski definition) is 4. The molecule has 2 aromatic carbocycles. The first-order chi connectivity index (χ1) is 14.4. The lowest BCUT2D eigenvalue weighted by Gasteiger charge is -2.35. The van der Waals surface area contributed by atoms with Gasteiger partial charge in [0.15, 0.2) is 0 Å². The predicted molar refractivity (Wildman–Crippen MR) is 118 cm³/mol. The van der Waals surface area contributed by atoms with Gasteiger partial charge in [-0.05, 0) is 36.1 Å². The van der Waals surface area contributed by atoms with Crippen LogP contribution in [0.5, 0.6) is 0 Å². The molecule has 30 heavy (non-hydrogen) atoms. The van der Waals surface area contributed by atoms with E-state index in [4.69, 9.17) is 0 Å². The van der Waals surface area contributed by atoms with Gasteiger partial charge < -0.3 is 15.1 Å². The van der Waals surface area contributed by atoms with Gasteiger partial charge in [-0.15, -0.1) is 0 Å². The monoisotopic (exact) mass is 406 g/mol. The molecule has 1 fully saturated rings. The average Bonchev–Trinajstić information content (AvgIpc) is 2.74. The fraction of sp³-hybridized carbons (Fsp3) is 0.333. The lowest BCUT2D eigenvalue weighted by molar-refractivity contribution is -0.112. The highest BCUT2D eigenvalue weighted by atomic mass is 19.1. The molecule has 0 bridgehead atoms. The van der Waals surface area contributed by atoms with Crippen LogP contribution < -0.4 is 10.2 Å². The van der Waals surface area contributed by atoms with E-state index in [0.717, 1.165) is 16.8 Å². The smallest absolute Gasteiger partial charge is 0.267 e. The van der Waals surface area contributed by atoms with E-state index < -0.39 is 5.91 Å². The number of anilines is 2. The van der Waals surface area contributed by atoms with Crippen LogP contribution in [0.3, 0.4) is 0 Å². The summed E-state index contributed by atoms with van der Waals surface area (Å²) in [5.41, 5.74) is 3.42. The van der Waals surface area contributed by atoms with Crippen LogP contribution in [-0.2, 0) is 4.79 Å². The SMILES string of the molecule is Cc1cccc(C(C)C)c1NC(=O)/C(C#N)=C\N1CCN(c2ccccc2F)CC1. The van der Waals surface area contributed by atoms with Crippen molar-refractivity contribution in [1.82, 2.24) is 4.90 Å². The van der Waals surface area contributed by atoms with E-state index in [9.17, 15) is 14.4 Å². The number of nitrogens with one attached hydrogen (secondary N) is 1. The summed E-state index contributed by atoms with van der Waals surface area (Å²) < 4.78 is 14.0. The van der Waals surface area contributed by atoms with Crippen molar-refractivity contribution in [3.8, 4) is 6.07 Å². The lowest BCUT2D eigenvalue weighted by atomic mass is 9.98. The van der Waals surface area contributed by atoms with Gasteiger partial charge in [0.25, 0.3) is 5.91 Å². The van der Waals surface area contributed by atoms with Gasteiger partial charge in [-0.25, -0.2) is 4.39 Å². The number of carbonyl (C=O) groups excluding carboxylic acids is 1. The van der Waals surface area contributed by atoms with Crippen LogP contribution in [0.2, 0.25) is 0 Å². The molecule has 0 atom stereocenters. The molecule has 5 nitrogen and oxygen atoms in total. The number of aryl methyl sites for hydroxylation is 1. The van der Waals surface area contributed by atoms with Crippen molar-refractivity contribution in [3.05, 3.63) is 71.2 Å². The summed E-state index contributed by atoms with van der Waals surface area (Å²) in [7, 11) is 0. The second-order valence-electron chi connectivity index (χ2n) is 7.78. The molecule has 6 heteroatoms. The molecule has 1 saturated heterocycles. The number of nitriles is 1. The van der Waals surface area contributed by atoms with Crippen molar-refractivity contribution < 1.29 is 9.18 Å². The second kappa shape index (κ2) is 9.45. The van der Waals surface area contributed by atoms with Gasteiger partial charge in [0, 0.05) is 38.1 Å². The van der Waals surface area contributed by atoms with E-state index >= 15 is 0 Å². The Morgan fingerprint density at radius 1 is 1.13 bits per heavy atom. The summed E-state index contributed by atoms with van der Waals surface area (Å²) in [5, 5.41) is 12.5. The maximum Gasteiger partial charge on any atom is 0.267 e. The van der Waals surface area contributed by atoms with Gasteiger partial charge in [0.05, 0.1) is 5.69 Å². The van der Waals surface area contributed by atoms with Gasteiger partial charge in [-0.2, -0.15) is 5.26 Å². The van der Waals surface area contributed by atoms with Crippen LogP contribution in [0.4, 0.5) is 15.8 Å². The number of amides is 1. The summed E-state index contributed by atoms with van der Waals surface area (Å²) in [5.74, 6) is -0.399. The van der Waals surface area contributed by atoms with Crippen molar-refractivity contribution in [1.29, 1.82) is 5.26 Å². The summed E-state index contributed by atoms with van der Waals surface area (Å²) in [4.78, 5) is 16.7. The number of nitrogens with zero attached hydrogens (tertiary/aromatic N) is 3. The third kappa shape index (κ3) is 4.80. The van der Waals surface area contributed by atoms with Gasteiger partial charge in [-0.3, -0.25) is 4.79 Å². The molecule has 1 aliphatic rings. The second-order valence-corrected chi connectivity index (χ2v) is 7.78. The van der Waals surface area contributed by atoms with E-state index in [0.29, 0.717) is 31.9 Å². The topological polar surface area (TPSA) is 59.4 Å². The molecule has 1 heterocycles. The van der Waals surface area contributed by atoms with Crippen LogP contribution in [0.15, 0.2) is 54.2 Å². The molecule has 3 rings (SSSR count). The quantitative estimate of drug-likeness (QED) is 0.590. The molecular weight excluding hydrogens is 379 g/mol. The molecule has 156 valence electrons. The Bertz CT molecular complexity index is 985. The van der Waals surface area contributed by atoms with Gasteiger partial charge in [0.2, 0.25) is 0 Å². The molecule has 0 aromatic heterocycles. The lowest BCUT2D eigenvalue weighted by Crippen LogP contribution is -2.44. The molecule has 0 aliphatic carbocycles. The first-order valence-corrected chi connectivity index (χ1v) is 10.2. The zero-order valence-electron chi connectivity index (χ0n) is 17.7. The highest BCUT2D eigenvalue weighted by molar-refractivity contribution is 6.07. The largest absolute Gasteiger partial charge is 0.373 e. The number of hydrogen-bond donors (Lipinski definition) is 1. The number of para-hydroxylation sites is 2. The minimum atomic E-state index is -0.412. The minimum absolute atomic E-state index is 0.0623. The average molecular weight is 407 g/mol. The van der Waals surface area contributed by atoms with Crippen molar-refractivity contribution in [2.75, 3.05) is 36.4 Å². The number of benzene rings is 2. The summed E-state index contributed by atoms with van der Waals surface area (Å²) in [6, 6.07) is 14.6. The highest BCUT2D eigenvalue weighted by Crippen LogP contribution is 2.28. The maximum absolute atomic E-state index is 14.0. The maximum atomic E-state index is 14.0. The third-order valence-electron chi connectivity index (χ3n) is 5.35. The zero-order chi connectivity index (χ0) is 21.7. The molecule has 0 spiro atoms. The molecule has 0 unspecified atom stereocenters. The number of halogens is 1.